The van der Waals surface area contributed by atoms with E-state index < -0.39 is 22.8 Å². The maximum Gasteiger partial charge on any atom is 0.355 e. The number of ketones is 1. The highest BCUT2D eigenvalue weighted by Crippen LogP contribution is 2.23. The third-order valence-electron chi connectivity index (χ3n) is 5.11. The quantitative estimate of drug-likeness (QED) is 0.257. The fourth-order valence-corrected chi connectivity index (χ4v) is 3.46. The monoisotopic (exact) mass is 445 g/mol. The minimum absolute atomic E-state index is 0.0877. The number of aromatic amines is 1. The Morgan fingerprint density at radius 2 is 1.94 bits per heavy atom. The van der Waals surface area contributed by atoms with Crippen molar-refractivity contribution in [3.05, 3.63) is 62.5 Å². The lowest BCUT2D eigenvalue weighted by Crippen LogP contribution is -2.45. The number of carbonyl (C=O) groups excluding carboxylic acids is 3. The van der Waals surface area contributed by atoms with Crippen molar-refractivity contribution in [3.63, 3.8) is 0 Å². The number of H-pyrrole nitrogens is 1. The maximum absolute atomic E-state index is 13.4. The number of rotatable bonds is 10. The molecular formula is C22H27N3O7. The van der Waals surface area contributed by atoms with Gasteiger partial charge in [0.2, 0.25) is 0 Å². The summed E-state index contributed by atoms with van der Waals surface area (Å²) >= 11 is 0. The molecular weight excluding hydrogens is 418 g/mol. The zero-order valence-electron chi connectivity index (χ0n) is 18.8. The van der Waals surface area contributed by atoms with Crippen LogP contribution in [0, 0.1) is 24.0 Å². The smallest absolute Gasteiger partial charge is 0.355 e. The standard InChI is InChI=1S/C22H27N3O7/c1-6-32-22(28)19-13(2)18(14(3)23-19)20(26)15(4)24(10-11-31-5)21(27)16-8-7-9-17(12-16)25(29)30/h7-9,12,15,23H,6,10-11H2,1-5H3/t15-/m1/s1. The highest BCUT2D eigenvalue weighted by Gasteiger charge is 2.32. The minimum Gasteiger partial charge on any atom is -0.461 e. The summed E-state index contributed by atoms with van der Waals surface area (Å²) in [5.41, 5.74) is 1.27. The van der Waals surface area contributed by atoms with Crippen LogP contribution in [0.4, 0.5) is 5.69 Å². The third kappa shape index (κ3) is 5.20. The predicted octanol–water partition coefficient (Wildman–Crippen LogP) is 3.08. The van der Waals surface area contributed by atoms with E-state index in [0.717, 1.165) is 0 Å². The number of ether oxygens (including phenoxy) is 2. The number of methoxy groups -OCH3 is 1. The molecule has 10 heteroatoms. The number of aromatic nitrogens is 1. The number of carbonyl (C=O) groups is 3. The third-order valence-corrected chi connectivity index (χ3v) is 5.11. The van der Waals surface area contributed by atoms with Crippen molar-refractivity contribution in [2.45, 2.75) is 33.7 Å². The molecule has 0 aliphatic heterocycles. The number of nitro benzene ring substituents is 1. The van der Waals surface area contributed by atoms with Gasteiger partial charge in [0.15, 0.2) is 5.78 Å². The molecule has 32 heavy (non-hydrogen) atoms. The van der Waals surface area contributed by atoms with Crippen LogP contribution < -0.4 is 0 Å². The predicted molar refractivity (Wildman–Crippen MR) is 116 cm³/mol. The molecule has 0 spiro atoms. The van der Waals surface area contributed by atoms with Crippen LogP contribution in [0.25, 0.3) is 0 Å². The van der Waals surface area contributed by atoms with E-state index in [4.69, 9.17) is 9.47 Å². The Balaban J connectivity index is 2.41. The zero-order chi connectivity index (χ0) is 24.0. The van der Waals surface area contributed by atoms with Gasteiger partial charge >= 0.3 is 5.97 Å². The van der Waals surface area contributed by atoms with Gasteiger partial charge in [-0.2, -0.15) is 0 Å². The van der Waals surface area contributed by atoms with Gasteiger partial charge < -0.3 is 19.4 Å². The first-order valence-electron chi connectivity index (χ1n) is 10.1. The van der Waals surface area contributed by atoms with Gasteiger partial charge in [0.1, 0.15) is 5.69 Å². The lowest BCUT2D eigenvalue weighted by Gasteiger charge is -2.28. The number of nitrogens with zero attached hydrogens (tertiary/aromatic N) is 2. The average molecular weight is 445 g/mol. The lowest BCUT2D eigenvalue weighted by atomic mass is 9.99. The van der Waals surface area contributed by atoms with E-state index in [1.165, 1.54) is 36.3 Å². The van der Waals surface area contributed by atoms with E-state index in [9.17, 15) is 24.5 Å². The minimum atomic E-state index is -0.917. The molecule has 1 atom stereocenters. The Labute approximate surface area is 185 Å². The summed E-state index contributed by atoms with van der Waals surface area (Å²) in [6.45, 7) is 7.01. The topological polar surface area (TPSA) is 132 Å². The Bertz CT molecular complexity index is 1030. The van der Waals surface area contributed by atoms with E-state index in [2.05, 4.69) is 4.98 Å². The SMILES string of the molecule is CCOC(=O)c1[nH]c(C)c(C(=O)[C@@H](C)N(CCOC)C(=O)c2cccc([N+](=O)[O-])c2)c1C. The van der Waals surface area contributed by atoms with Gasteiger partial charge in [-0.25, -0.2) is 4.79 Å². The number of esters is 1. The molecule has 1 heterocycles. The summed E-state index contributed by atoms with van der Waals surface area (Å²) in [6.07, 6.45) is 0. The molecule has 1 N–H and O–H groups in total. The summed E-state index contributed by atoms with van der Waals surface area (Å²) in [6, 6.07) is 4.41. The second-order valence-electron chi connectivity index (χ2n) is 7.18. The normalized spacial score (nSPS) is 11.7. The number of non-ortho nitro benzene ring substituents is 1. The molecule has 1 amide bonds. The van der Waals surface area contributed by atoms with Crippen LogP contribution in [-0.4, -0.2) is 65.4 Å². The molecule has 0 fully saturated rings. The van der Waals surface area contributed by atoms with Gasteiger partial charge in [-0.3, -0.25) is 19.7 Å². The molecule has 0 aliphatic carbocycles. The van der Waals surface area contributed by atoms with Gasteiger partial charge in [0, 0.05) is 42.6 Å². The molecule has 0 unspecified atom stereocenters. The number of benzene rings is 1. The number of Topliss-reactive ketones (excluding diaryl/α,β-unsaturated/α-hetero) is 1. The first-order valence-corrected chi connectivity index (χ1v) is 10.1. The number of hydrogen-bond acceptors (Lipinski definition) is 7. The van der Waals surface area contributed by atoms with E-state index >= 15 is 0 Å². The molecule has 1 aromatic heterocycles. The first kappa shape index (κ1) is 24.7. The number of hydrogen-bond donors (Lipinski definition) is 1. The largest absolute Gasteiger partial charge is 0.461 e. The highest BCUT2D eigenvalue weighted by atomic mass is 16.6. The van der Waals surface area contributed by atoms with Crippen molar-refractivity contribution in [1.82, 2.24) is 9.88 Å². The Kier molecular flexibility index (Phi) is 8.25. The van der Waals surface area contributed by atoms with Crippen molar-refractivity contribution in [3.8, 4) is 0 Å². The van der Waals surface area contributed by atoms with Crippen LogP contribution in [0.5, 0.6) is 0 Å². The molecule has 1 aromatic carbocycles. The van der Waals surface area contributed by atoms with Crippen molar-refractivity contribution in [2.24, 2.45) is 0 Å². The fourth-order valence-electron chi connectivity index (χ4n) is 3.46. The molecule has 0 saturated carbocycles. The lowest BCUT2D eigenvalue weighted by molar-refractivity contribution is -0.384. The summed E-state index contributed by atoms with van der Waals surface area (Å²) in [7, 11) is 1.47. The molecule has 172 valence electrons. The number of nitrogens with one attached hydrogen (secondary N) is 1. The summed E-state index contributed by atoms with van der Waals surface area (Å²) in [5.74, 6) is -1.48. The average Bonchev–Trinajstić information content (AvgIpc) is 3.07. The van der Waals surface area contributed by atoms with E-state index in [0.29, 0.717) is 16.8 Å². The molecule has 10 nitrogen and oxygen atoms in total. The van der Waals surface area contributed by atoms with Crippen molar-refractivity contribution in [1.29, 1.82) is 0 Å². The maximum atomic E-state index is 13.4. The van der Waals surface area contributed by atoms with Gasteiger partial charge in [-0.15, -0.1) is 0 Å². The van der Waals surface area contributed by atoms with Crippen LogP contribution in [-0.2, 0) is 9.47 Å². The van der Waals surface area contributed by atoms with Crippen molar-refractivity contribution >= 4 is 23.3 Å². The van der Waals surface area contributed by atoms with Crippen molar-refractivity contribution in [2.75, 3.05) is 26.9 Å². The van der Waals surface area contributed by atoms with Crippen molar-refractivity contribution < 1.29 is 28.8 Å². The van der Waals surface area contributed by atoms with Crippen LogP contribution in [0.2, 0.25) is 0 Å². The second kappa shape index (κ2) is 10.7. The van der Waals surface area contributed by atoms with Crippen LogP contribution in [0.1, 0.15) is 56.3 Å². The zero-order valence-corrected chi connectivity index (χ0v) is 18.8. The Morgan fingerprint density at radius 3 is 2.53 bits per heavy atom. The second-order valence-corrected chi connectivity index (χ2v) is 7.18. The van der Waals surface area contributed by atoms with Gasteiger partial charge in [-0.05, 0) is 39.3 Å². The van der Waals surface area contributed by atoms with Crippen LogP contribution in [0.15, 0.2) is 24.3 Å². The first-order chi connectivity index (χ1) is 15.1. The van der Waals surface area contributed by atoms with Gasteiger partial charge in [-0.1, -0.05) is 6.07 Å². The number of amides is 1. The van der Waals surface area contributed by atoms with Gasteiger partial charge in [0.05, 0.1) is 24.2 Å². The molecule has 0 aliphatic rings. The fraction of sp³-hybridized carbons (Fsp3) is 0.409. The Morgan fingerprint density at radius 1 is 1.25 bits per heavy atom. The molecule has 0 radical (unpaired) electrons. The molecule has 2 aromatic rings. The summed E-state index contributed by atoms with van der Waals surface area (Å²) < 4.78 is 10.1. The number of aryl methyl sites for hydroxylation is 1. The molecule has 2 rings (SSSR count). The van der Waals surface area contributed by atoms with Gasteiger partial charge in [0.25, 0.3) is 11.6 Å². The summed E-state index contributed by atoms with van der Waals surface area (Å²) in [4.78, 5) is 53.4. The Hall–Kier alpha value is -3.53. The molecule has 0 bridgehead atoms. The highest BCUT2D eigenvalue weighted by molar-refractivity contribution is 6.07. The summed E-state index contributed by atoms with van der Waals surface area (Å²) in [5, 5.41) is 11.1. The van der Waals surface area contributed by atoms with Crippen LogP contribution >= 0.6 is 0 Å². The van der Waals surface area contributed by atoms with E-state index in [1.807, 2.05) is 0 Å². The van der Waals surface area contributed by atoms with E-state index in [-0.39, 0.29) is 42.5 Å². The van der Waals surface area contributed by atoms with E-state index in [1.54, 1.807) is 27.7 Å². The number of nitro groups is 1. The van der Waals surface area contributed by atoms with Crippen LogP contribution in [0.3, 0.4) is 0 Å². The molecule has 0 saturated heterocycles.